The maximum absolute atomic E-state index is 13.0. The molecule has 2 N–H and O–H groups in total. The summed E-state index contributed by atoms with van der Waals surface area (Å²) in [5.74, 6) is 0.687. The molecule has 0 bridgehead atoms. The first-order valence-corrected chi connectivity index (χ1v) is 10.8. The molecular weight excluding hydrogens is 437 g/mol. The summed E-state index contributed by atoms with van der Waals surface area (Å²) >= 11 is 7.83. The van der Waals surface area contributed by atoms with Gasteiger partial charge in [0, 0.05) is 29.6 Å². The lowest BCUT2D eigenvalue weighted by Gasteiger charge is -2.41. The molecule has 1 saturated carbocycles. The van der Waals surface area contributed by atoms with Gasteiger partial charge in [-0.05, 0) is 50.8 Å². The van der Waals surface area contributed by atoms with Gasteiger partial charge in [0.1, 0.15) is 0 Å². The Morgan fingerprint density at radius 2 is 1.96 bits per heavy atom. The molecule has 8 heteroatoms. The van der Waals surface area contributed by atoms with Gasteiger partial charge in [0.2, 0.25) is 5.91 Å². The van der Waals surface area contributed by atoms with Crippen LogP contribution in [0.3, 0.4) is 0 Å². The van der Waals surface area contributed by atoms with Gasteiger partial charge >= 0.3 is 0 Å². The number of likely N-dealkylation sites (tertiary alicyclic amines) is 1. The number of nitrogens with zero attached hydrogens (tertiary/aromatic N) is 2. The lowest BCUT2D eigenvalue weighted by Crippen LogP contribution is -2.54. The number of piperidine rings is 1. The maximum Gasteiger partial charge on any atom is 0.227 e. The first kappa shape index (κ1) is 23.7. The third-order valence-electron chi connectivity index (χ3n) is 6.07. The highest BCUT2D eigenvalue weighted by atomic mass is 35.5. The largest absolute Gasteiger partial charge is 0.342 e. The zero-order valence-electron chi connectivity index (χ0n) is 16.0. The van der Waals surface area contributed by atoms with Crippen molar-refractivity contribution in [3.05, 3.63) is 28.2 Å². The second-order valence-electron chi connectivity index (χ2n) is 8.07. The Morgan fingerprint density at radius 3 is 2.64 bits per heavy atom. The third kappa shape index (κ3) is 4.76. The van der Waals surface area contributed by atoms with Gasteiger partial charge in [0.05, 0.1) is 21.1 Å². The van der Waals surface area contributed by atoms with Crippen LogP contribution in [0.2, 0.25) is 5.02 Å². The lowest BCUT2D eigenvalue weighted by atomic mass is 9.73. The number of benzene rings is 1. The van der Waals surface area contributed by atoms with Crippen LogP contribution < -0.4 is 5.73 Å². The van der Waals surface area contributed by atoms with Gasteiger partial charge in [0.15, 0.2) is 0 Å². The highest BCUT2D eigenvalue weighted by Crippen LogP contribution is 2.37. The fourth-order valence-corrected chi connectivity index (χ4v) is 5.71. The molecule has 0 radical (unpaired) electrons. The van der Waals surface area contributed by atoms with E-state index in [4.69, 9.17) is 22.3 Å². The van der Waals surface area contributed by atoms with Crippen LogP contribution in [0.1, 0.15) is 56.4 Å². The van der Waals surface area contributed by atoms with Gasteiger partial charge in [0.25, 0.3) is 0 Å². The molecule has 2 aromatic rings. The fourth-order valence-electron chi connectivity index (χ4n) is 4.42. The zero-order chi connectivity index (χ0) is 18.3. The Hall–Kier alpha value is -0.590. The summed E-state index contributed by atoms with van der Waals surface area (Å²) in [6, 6.07) is 5.89. The Bertz CT molecular complexity index is 818. The zero-order valence-corrected chi connectivity index (χ0v) is 19.2. The van der Waals surface area contributed by atoms with E-state index in [1.54, 1.807) is 11.3 Å². The molecule has 1 aromatic carbocycles. The maximum atomic E-state index is 13.0. The van der Waals surface area contributed by atoms with Gasteiger partial charge in [-0.1, -0.05) is 24.4 Å². The summed E-state index contributed by atoms with van der Waals surface area (Å²) in [5.41, 5.74) is 7.07. The summed E-state index contributed by atoms with van der Waals surface area (Å²) in [7, 11) is 0. The summed E-state index contributed by atoms with van der Waals surface area (Å²) in [5, 5.41) is 1.91. The average Bonchev–Trinajstić information content (AvgIpc) is 3.04. The molecule has 2 aliphatic rings. The number of hydrogen-bond acceptors (Lipinski definition) is 4. The highest BCUT2D eigenvalue weighted by Gasteiger charge is 2.40. The second-order valence-corrected chi connectivity index (χ2v) is 9.57. The molecule has 4 rings (SSSR count). The molecular formula is C20H28Cl3N3OS. The fraction of sp³-hybridized carbons (Fsp3) is 0.600. The Balaban J connectivity index is 0.00000140. The minimum Gasteiger partial charge on any atom is -0.342 e. The van der Waals surface area contributed by atoms with Crippen molar-refractivity contribution in [2.24, 2.45) is 11.7 Å². The number of aromatic nitrogens is 1. The summed E-state index contributed by atoms with van der Waals surface area (Å²) in [6.07, 6.45) is 6.10. The molecule has 2 unspecified atom stereocenters. The van der Waals surface area contributed by atoms with E-state index in [-0.39, 0.29) is 42.2 Å². The van der Waals surface area contributed by atoms with Crippen LogP contribution in [0, 0.1) is 5.92 Å². The monoisotopic (exact) mass is 463 g/mol. The Labute approximate surface area is 188 Å². The van der Waals surface area contributed by atoms with E-state index in [0.29, 0.717) is 5.92 Å². The predicted octanol–water partition coefficient (Wildman–Crippen LogP) is 5.41. The number of thiazole rings is 1. The summed E-state index contributed by atoms with van der Waals surface area (Å²) < 4.78 is 1.18. The van der Waals surface area contributed by atoms with Crippen molar-refractivity contribution >= 4 is 63.9 Å². The van der Waals surface area contributed by atoms with Gasteiger partial charge < -0.3 is 10.6 Å². The lowest BCUT2D eigenvalue weighted by molar-refractivity contribution is -0.140. The van der Waals surface area contributed by atoms with Crippen LogP contribution >= 0.6 is 47.8 Å². The summed E-state index contributed by atoms with van der Waals surface area (Å²) in [4.78, 5) is 19.8. The number of hydrogen-bond donors (Lipinski definition) is 1. The van der Waals surface area contributed by atoms with E-state index < -0.39 is 0 Å². The number of carbonyl (C=O) groups is 1. The molecule has 2 atom stereocenters. The molecule has 2 fully saturated rings. The first-order chi connectivity index (χ1) is 12.4. The van der Waals surface area contributed by atoms with Gasteiger partial charge in [-0.25, -0.2) is 4.98 Å². The quantitative estimate of drug-likeness (QED) is 0.646. The highest BCUT2D eigenvalue weighted by molar-refractivity contribution is 7.18. The van der Waals surface area contributed by atoms with Crippen molar-refractivity contribution in [3.63, 3.8) is 0 Å². The van der Waals surface area contributed by atoms with Gasteiger partial charge in [-0.2, -0.15) is 0 Å². The van der Waals surface area contributed by atoms with Crippen molar-refractivity contribution in [1.29, 1.82) is 0 Å². The molecule has 1 saturated heterocycles. The number of fused-ring (bicyclic) bond motifs is 1. The molecule has 4 nitrogen and oxygen atoms in total. The Kier molecular flexibility index (Phi) is 8.02. The van der Waals surface area contributed by atoms with Crippen LogP contribution in [0.4, 0.5) is 0 Å². The number of nitrogens with two attached hydrogens (primary N) is 1. The topological polar surface area (TPSA) is 59.2 Å². The Morgan fingerprint density at radius 1 is 1.25 bits per heavy atom. The van der Waals surface area contributed by atoms with E-state index >= 15 is 0 Å². The van der Waals surface area contributed by atoms with Crippen LogP contribution in [0.15, 0.2) is 18.2 Å². The predicted molar refractivity (Wildman–Crippen MR) is 122 cm³/mol. The second kappa shape index (κ2) is 9.48. The number of rotatable bonds is 2. The summed E-state index contributed by atoms with van der Waals surface area (Å²) in [6.45, 7) is 3.67. The average molecular weight is 465 g/mol. The number of halogens is 3. The molecule has 2 heterocycles. The molecule has 1 amide bonds. The van der Waals surface area contributed by atoms with Crippen molar-refractivity contribution in [3.8, 4) is 0 Å². The van der Waals surface area contributed by atoms with E-state index in [1.807, 2.05) is 30.0 Å². The number of carbonyl (C=O) groups excluding carboxylic acids is 1. The van der Waals surface area contributed by atoms with Crippen LogP contribution in [0.5, 0.6) is 0 Å². The van der Waals surface area contributed by atoms with Crippen molar-refractivity contribution in [2.75, 3.05) is 13.1 Å². The molecule has 1 aromatic heterocycles. The first-order valence-electron chi connectivity index (χ1n) is 9.58. The van der Waals surface area contributed by atoms with Crippen LogP contribution in [-0.2, 0) is 4.79 Å². The van der Waals surface area contributed by atoms with E-state index in [1.165, 1.54) is 9.71 Å². The molecule has 0 spiro atoms. The van der Waals surface area contributed by atoms with Crippen molar-refractivity contribution in [1.82, 2.24) is 9.88 Å². The van der Waals surface area contributed by atoms with E-state index in [9.17, 15) is 4.79 Å². The standard InChI is InChI=1S/C20H26ClN3OS.2ClH/c1-20(22)9-3-2-4-15(20)19(25)24-10-7-13(8-11-24)18-23-16-12-14(21)5-6-17(16)26-18;;/h5-6,12-13,15H,2-4,7-11,22H2,1H3;2*1H. The molecule has 1 aliphatic carbocycles. The van der Waals surface area contributed by atoms with Gasteiger partial charge in [-0.3, -0.25) is 4.79 Å². The van der Waals surface area contributed by atoms with E-state index in [0.717, 1.165) is 62.2 Å². The van der Waals surface area contributed by atoms with Crippen molar-refractivity contribution < 1.29 is 4.79 Å². The van der Waals surface area contributed by atoms with Crippen LogP contribution in [0.25, 0.3) is 10.2 Å². The number of amides is 1. The molecule has 156 valence electrons. The third-order valence-corrected chi connectivity index (χ3v) is 7.51. The van der Waals surface area contributed by atoms with E-state index in [2.05, 4.69) is 0 Å². The molecule has 28 heavy (non-hydrogen) atoms. The smallest absolute Gasteiger partial charge is 0.227 e. The van der Waals surface area contributed by atoms with Gasteiger partial charge in [-0.15, -0.1) is 36.2 Å². The minimum absolute atomic E-state index is 0. The molecule has 1 aliphatic heterocycles. The van der Waals surface area contributed by atoms with Crippen LogP contribution in [-0.4, -0.2) is 34.4 Å². The normalized spacial score (nSPS) is 25.8. The van der Waals surface area contributed by atoms with Crippen molar-refractivity contribution in [2.45, 2.75) is 56.9 Å². The minimum atomic E-state index is -0.349. The SMILES string of the molecule is CC1(N)CCCCC1C(=O)N1CCC(c2nc3cc(Cl)ccc3s2)CC1.Cl.Cl.